The van der Waals surface area contributed by atoms with Crippen molar-refractivity contribution in [3.63, 3.8) is 0 Å². The van der Waals surface area contributed by atoms with Gasteiger partial charge < -0.3 is 15.5 Å². The van der Waals surface area contributed by atoms with Gasteiger partial charge in [0.05, 0.1) is 5.69 Å². The van der Waals surface area contributed by atoms with Gasteiger partial charge in [-0.3, -0.25) is 0 Å². The molecular weight excluding hydrogens is 293 g/mol. The maximum Gasteiger partial charge on any atom is 0.319 e. The second-order valence-electron chi connectivity index (χ2n) is 5.65. The Balaban J connectivity index is 1.57. The fourth-order valence-corrected chi connectivity index (χ4v) is 2.75. The first-order chi connectivity index (χ1) is 11.2. The van der Waals surface area contributed by atoms with Crippen molar-refractivity contribution in [3.05, 3.63) is 59.9 Å². The molecule has 2 aromatic carbocycles. The second-order valence-corrected chi connectivity index (χ2v) is 5.65. The summed E-state index contributed by atoms with van der Waals surface area (Å²) >= 11 is 0. The maximum atomic E-state index is 14.2. The summed E-state index contributed by atoms with van der Waals surface area (Å²) in [5.41, 5.74) is 2.08. The van der Waals surface area contributed by atoms with E-state index in [0.717, 1.165) is 31.5 Å². The van der Waals surface area contributed by atoms with Gasteiger partial charge in [-0.05, 0) is 36.6 Å². The number of anilines is 2. The van der Waals surface area contributed by atoms with Gasteiger partial charge in [-0.2, -0.15) is 0 Å². The Hall–Kier alpha value is -2.56. The summed E-state index contributed by atoms with van der Waals surface area (Å²) in [5, 5.41) is 5.42. The van der Waals surface area contributed by atoms with Crippen LogP contribution in [0.3, 0.4) is 0 Å². The van der Waals surface area contributed by atoms with E-state index in [-0.39, 0.29) is 11.8 Å². The lowest BCUT2D eigenvalue weighted by Crippen LogP contribution is -2.28. The number of hydrogen-bond donors (Lipinski definition) is 2. The molecule has 0 unspecified atom stereocenters. The summed E-state index contributed by atoms with van der Waals surface area (Å²) in [6.07, 6.45) is 2.20. The van der Waals surface area contributed by atoms with Crippen LogP contribution in [0, 0.1) is 5.82 Å². The Kier molecular flexibility index (Phi) is 4.76. The third-order valence-corrected chi connectivity index (χ3v) is 3.95. The number of urea groups is 1. The number of nitrogens with one attached hydrogen (secondary N) is 2. The van der Waals surface area contributed by atoms with Gasteiger partial charge in [0.25, 0.3) is 0 Å². The monoisotopic (exact) mass is 313 g/mol. The molecule has 1 aliphatic heterocycles. The van der Waals surface area contributed by atoms with Crippen LogP contribution in [0.2, 0.25) is 0 Å². The molecule has 5 heteroatoms. The maximum absolute atomic E-state index is 14.2. The summed E-state index contributed by atoms with van der Waals surface area (Å²) < 4.78 is 14.2. The van der Waals surface area contributed by atoms with Crippen LogP contribution in [-0.2, 0) is 6.54 Å². The topological polar surface area (TPSA) is 44.4 Å². The number of nitrogens with zero attached hydrogens (tertiary/aromatic N) is 1. The molecular formula is C18H20FN3O. The van der Waals surface area contributed by atoms with Crippen molar-refractivity contribution in [1.29, 1.82) is 0 Å². The van der Waals surface area contributed by atoms with E-state index < -0.39 is 0 Å². The van der Waals surface area contributed by atoms with E-state index in [1.54, 1.807) is 12.1 Å². The molecule has 0 aromatic heterocycles. The van der Waals surface area contributed by atoms with Crippen LogP contribution in [0.25, 0.3) is 0 Å². The van der Waals surface area contributed by atoms with Crippen LogP contribution in [0.5, 0.6) is 0 Å². The predicted molar refractivity (Wildman–Crippen MR) is 90.1 cm³/mol. The first-order valence-corrected chi connectivity index (χ1v) is 7.85. The van der Waals surface area contributed by atoms with Crippen molar-refractivity contribution in [2.45, 2.75) is 19.4 Å². The highest BCUT2D eigenvalue weighted by Crippen LogP contribution is 2.25. The molecule has 120 valence electrons. The molecule has 1 fully saturated rings. The molecule has 0 atom stereocenters. The van der Waals surface area contributed by atoms with Crippen molar-refractivity contribution >= 4 is 17.4 Å². The molecule has 0 aliphatic carbocycles. The Morgan fingerprint density at radius 3 is 2.52 bits per heavy atom. The van der Waals surface area contributed by atoms with E-state index in [2.05, 4.69) is 10.6 Å². The Morgan fingerprint density at radius 1 is 1.09 bits per heavy atom. The lowest BCUT2D eigenvalue weighted by Gasteiger charge is -2.19. The number of benzene rings is 2. The van der Waals surface area contributed by atoms with E-state index in [4.69, 9.17) is 0 Å². The van der Waals surface area contributed by atoms with Crippen LogP contribution in [-0.4, -0.2) is 19.1 Å². The predicted octanol–water partition coefficient (Wildman–Crippen LogP) is 3.75. The molecule has 2 amide bonds. The van der Waals surface area contributed by atoms with Crippen LogP contribution in [0.15, 0.2) is 48.5 Å². The first kappa shape index (κ1) is 15.3. The molecule has 0 bridgehead atoms. The number of halogens is 1. The zero-order valence-electron chi connectivity index (χ0n) is 12.9. The highest BCUT2D eigenvalue weighted by Gasteiger charge is 2.16. The molecule has 23 heavy (non-hydrogen) atoms. The minimum atomic E-state index is -0.345. The SMILES string of the molecule is O=C(NCc1ccccc1)Nc1ccc(N2CCCC2)c(F)c1. The van der Waals surface area contributed by atoms with Crippen LogP contribution >= 0.6 is 0 Å². The second kappa shape index (κ2) is 7.13. The highest BCUT2D eigenvalue weighted by molar-refractivity contribution is 5.89. The summed E-state index contributed by atoms with van der Waals surface area (Å²) in [4.78, 5) is 13.9. The fraction of sp³-hybridized carbons (Fsp3) is 0.278. The standard InChI is InChI=1S/C18H20FN3O/c19-16-12-15(8-9-17(16)22-10-4-5-11-22)21-18(23)20-13-14-6-2-1-3-7-14/h1-3,6-9,12H,4-5,10-11,13H2,(H2,20,21,23). The number of carbonyl (C=O) groups excluding carboxylic acids is 1. The third kappa shape index (κ3) is 4.00. The van der Waals surface area contributed by atoms with Gasteiger partial charge in [0.2, 0.25) is 0 Å². The van der Waals surface area contributed by atoms with Crippen LogP contribution in [0.1, 0.15) is 18.4 Å². The van der Waals surface area contributed by atoms with Gasteiger partial charge in [0.1, 0.15) is 5.82 Å². The van der Waals surface area contributed by atoms with Gasteiger partial charge >= 0.3 is 6.03 Å². The molecule has 0 saturated carbocycles. The van der Waals surface area contributed by atoms with Crippen LogP contribution < -0.4 is 15.5 Å². The van der Waals surface area contributed by atoms with E-state index in [1.807, 2.05) is 35.2 Å². The Labute approximate surface area is 135 Å². The van der Waals surface area contributed by atoms with E-state index in [0.29, 0.717) is 17.9 Å². The van der Waals surface area contributed by atoms with Crippen molar-refractivity contribution in [2.75, 3.05) is 23.3 Å². The largest absolute Gasteiger partial charge is 0.369 e. The molecule has 1 aliphatic rings. The molecule has 1 saturated heterocycles. The smallest absolute Gasteiger partial charge is 0.319 e. The zero-order chi connectivity index (χ0) is 16.1. The lowest BCUT2D eigenvalue weighted by molar-refractivity contribution is 0.251. The molecule has 0 spiro atoms. The van der Waals surface area contributed by atoms with Gasteiger partial charge in [0.15, 0.2) is 0 Å². The van der Waals surface area contributed by atoms with Gasteiger partial charge in [-0.25, -0.2) is 9.18 Å². The molecule has 2 N–H and O–H groups in total. The molecule has 1 heterocycles. The molecule has 2 aromatic rings. The van der Waals surface area contributed by atoms with Crippen molar-refractivity contribution in [3.8, 4) is 0 Å². The molecule has 4 nitrogen and oxygen atoms in total. The molecule has 3 rings (SSSR count). The van der Waals surface area contributed by atoms with E-state index >= 15 is 0 Å². The average Bonchev–Trinajstić information content (AvgIpc) is 3.08. The summed E-state index contributed by atoms with van der Waals surface area (Å²) in [6.45, 7) is 2.21. The summed E-state index contributed by atoms with van der Waals surface area (Å²) in [6, 6.07) is 14.1. The van der Waals surface area contributed by atoms with Crippen molar-refractivity contribution in [2.24, 2.45) is 0 Å². The minimum absolute atomic E-state index is 0.298. The molecule has 0 radical (unpaired) electrons. The number of rotatable bonds is 4. The number of amides is 2. The minimum Gasteiger partial charge on any atom is -0.369 e. The Bertz CT molecular complexity index is 669. The third-order valence-electron chi connectivity index (χ3n) is 3.95. The van der Waals surface area contributed by atoms with Crippen molar-refractivity contribution in [1.82, 2.24) is 5.32 Å². The van der Waals surface area contributed by atoms with Gasteiger partial charge in [0, 0.05) is 25.3 Å². The quantitative estimate of drug-likeness (QED) is 0.903. The number of hydrogen-bond acceptors (Lipinski definition) is 2. The summed E-state index contributed by atoms with van der Waals surface area (Å²) in [7, 11) is 0. The van der Waals surface area contributed by atoms with Crippen LogP contribution in [0.4, 0.5) is 20.6 Å². The van der Waals surface area contributed by atoms with E-state index in [9.17, 15) is 9.18 Å². The van der Waals surface area contributed by atoms with Gasteiger partial charge in [-0.1, -0.05) is 30.3 Å². The first-order valence-electron chi connectivity index (χ1n) is 7.85. The normalized spacial score (nSPS) is 13.9. The average molecular weight is 313 g/mol. The lowest BCUT2D eigenvalue weighted by atomic mass is 10.2. The zero-order valence-corrected chi connectivity index (χ0v) is 12.9. The van der Waals surface area contributed by atoms with Crippen molar-refractivity contribution < 1.29 is 9.18 Å². The fourth-order valence-electron chi connectivity index (χ4n) is 2.75. The highest BCUT2D eigenvalue weighted by atomic mass is 19.1. The van der Waals surface area contributed by atoms with E-state index in [1.165, 1.54) is 6.07 Å². The number of carbonyl (C=O) groups is 1. The Morgan fingerprint density at radius 2 is 1.83 bits per heavy atom. The van der Waals surface area contributed by atoms with Gasteiger partial charge in [-0.15, -0.1) is 0 Å². The summed E-state index contributed by atoms with van der Waals surface area (Å²) in [5.74, 6) is -0.298.